The minimum absolute atomic E-state index is 0.362. The van der Waals surface area contributed by atoms with E-state index >= 15 is 0 Å². The van der Waals surface area contributed by atoms with Gasteiger partial charge in [-0.05, 0) is 38.5 Å². The van der Waals surface area contributed by atoms with Gasteiger partial charge >= 0.3 is 12.3 Å². The van der Waals surface area contributed by atoms with Gasteiger partial charge in [-0.25, -0.2) is 4.79 Å². The molecule has 0 aromatic carbocycles. The number of amides is 1. The molecular formula is C15H20F3N3O2. The minimum atomic E-state index is -4.52. The third-order valence-corrected chi connectivity index (χ3v) is 3.33. The molecule has 0 spiro atoms. The van der Waals surface area contributed by atoms with Gasteiger partial charge in [0.25, 0.3) is 0 Å². The number of pyridine rings is 1. The van der Waals surface area contributed by atoms with Gasteiger partial charge in [-0.1, -0.05) is 0 Å². The lowest BCUT2D eigenvalue weighted by Gasteiger charge is -2.37. The van der Waals surface area contributed by atoms with Crippen LogP contribution in [-0.4, -0.2) is 41.2 Å². The molecule has 1 unspecified atom stereocenters. The number of aromatic nitrogens is 1. The lowest BCUT2D eigenvalue weighted by molar-refractivity contribution is -0.141. The molecule has 1 aromatic rings. The maximum Gasteiger partial charge on any atom is 0.433 e. The molecule has 1 aromatic heterocycles. The normalized spacial score (nSPS) is 19.6. The van der Waals surface area contributed by atoms with Crippen molar-refractivity contribution in [2.24, 2.45) is 0 Å². The van der Waals surface area contributed by atoms with Gasteiger partial charge in [0.1, 0.15) is 11.3 Å². The minimum Gasteiger partial charge on any atom is -0.444 e. The van der Waals surface area contributed by atoms with Gasteiger partial charge in [0.2, 0.25) is 0 Å². The number of halogens is 3. The van der Waals surface area contributed by atoms with Crippen LogP contribution in [0.2, 0.25) is 0 Å². The second-order valence-electron chi connectivity index (χ2n) is 6.37. The van der Waals surface area contributed by atoms with E-state index in [2.05, 4.69) is 10.3 Å². The zero-order chi connectivity index (χ0) is 17.3. The lowest BCUT2D eigenvalue weighted by atomic mass is 10.0. The molecular weight excluding hydrogens is 311 g/mol. The third-order valence-electron chi connectivity index (χ3n) is 3.33. The van der Waals surface area contributed by atoms with Crippen LogP contribution in [0.25, 0.3) is 0 Å². The number of nitrogens with one attached hydrogen (secondary N) is 1. The van der Waals surface area contributed by atoms with Crippen LogP contribution in [0.4, 0.5) is 18.0 Å². The Balaban J connectivity index is 2.26. The van der Waals surface area contributed by atoms with Crippen LogP contribution in [0.15, 0.2) is 18.3 Å². The number of hydrogen-bond acceptors (Lipinski definition) is 4. The van der Waals surface area contributed by atoms with Gasteiger partial charge in [0.15, 0.2) is 0 Å². The van der Waals surface area contributed by atoms with Crippen molar-refractivity contribution in [2.45, 2.75) is 38.6 Å². The summed E-state index contributed by atoms with van der Waals surface area (Å²) in [6.07, 6.45) is -3.94. The van der Waals surface area contributed by atoms with Crippen LogP contribution in [0.3, 0.4) is 0 Å². The van der Waals surface area contributed by atoms with E-state index in [0.29, 0.717) is 25.2 Å². The fourth-order valence-corrected chi connectivity index (χ4v) is 2.35. The highest BCUT2D eigenvalue weighted by Crippen LogP contribution is 2.31. The lowest BCUT2D eigenvalue weighted by Crippen LogP contribution is -2.50. The van der Waals surface area contributed by atoms with E-state index in [9.17, 15) is 18.0 Å². The summed E-state index contributed by atoms with van der Waals surface area (Å²) >= 11 is 0. The first-order valence-electron chi connectivity index (χ1n) is 7.31. The van der Waals surface area contributed by atoms with Gasteiger partial charge in [-0.3, -0.25) is 9.88 Å². The number of carbonyl (C=O) groups excluding carboxylic acids is 1. The van der Waals surface area contributed by atoms with Gasteiger partial charge in [0, 0.05) is 25.8 Å². The number of rotatable bonds is 1. The number of carbonyl (C=O) groups is 1. The molecule has 0 saturated carbocycles. The highest BCUT2D eigenvalue weighted by atomic mass is 19.4. The maximum atomic E-state index is 12.8. The molecule has 128 valence electrons. The Hall–Kier alpha value is -1.83. The molecule has 8 heteroatoms. The van der Waals surface area contributed by atoms with E-state index < -0.39 is 29.6 Å². The highest BCUT2D eigenvalue weighted by Gasteiger charge is 2.35. The maximum absolute atomic E-state index is 12.8. The Morgan fingerprint density at radius 2 is 2.09 bits per heavy atom. The molecule has 1 aliphatic heterocycles. The van der Waals surface area contributed by atoms with Crippen molar-refractivity contribution in [3.8, 4) is 0 Å². The molecule has 5 nitrogen and oxygen atoms in total. The first-order chi connectivity index (χ1) is 10.6. The fraction of sp³-hybridized carbons (Fsp3) is 0.600. The van der Waals surface area contributed by atoms with Crippen LogP contribution in [0.5, 0.6) is 0 Å². The van der Waals surface area contributed by atoms with Crippen LogP contribution < -0.4 is 5.32 Å². The summed E-state index contributed by atoms with van der Waals surface area (Å²) in [6.45, 7) is 6.53. The summed E-state index contributed by atoms with van der Waals surface area (Å²) in [6, 6.07) is 1.95. The van der Waals surface area contributed by atoms with Crippen LogP contribution >= 0.6 is 0 Å². The van der Waals surface area contributed by atoms with E-state index in [4.69, 9.17) is 4.74 Å². The van der Waals surface area contributed by atoms with Crippen molar-refractivity contribution in [2.75, 3.05) is 19.6 Å². The Kier molecular flexibility index (Phi) is 4.84. The Morgan fingerprint density at radius 1 is 1.39 bits per heavy atom. The molecule has 2 heterocycles. The van der Waals surface area contributed by atoms with Crippen molar-refractivity contribution in [1.82, 2.24) is 15.2 Å². The Bertz CT molecular complexity index is 570. The number of hydrogen-bond donors (Lipinski definition) is 1. The molecule has 0 aliphatic carbocycles. The van der Waals surface area contributed by atoms with Crippen molar-refractivity contribution in [3.63, 3.8) is 0 Å². The number of nitrogens with zero attached hydrogens (tertiary/aromatic N) is 2. The van der Waals surface area contributed by atoms with Crippen LogP contribution in [0, 0.1) is 0 Å². The van der Waals surface area contributed by atoms with Crippen LogP contribution in [0.1, 0.15) is 38.1 Å². The highest BCUT2D eigenvalue weighted by molar-refractivity contribution is 5.69. The summed E-state index contributed by atoms with van der Waals surface area (Å²) in [5.74, 6) is 0. The average molecular weight is 331 g/mol. The standard InChI is InChI=1S/C15H20F3N3O2/c1-14(2,3)23-13(22)21-7-6-19-9-11(21)10-4-5-20-12(8-10)15(16,17)18/h4-5,8,11,19H,6-7,9H2,1-3H3. The summed E-state index contributed by atoms with van der Waals surface area (Å²) in [5.41, 5.74) is -1.25. The monoisotopic (exact) mass is 331 g/mol. The number of piperazine rings is 1. The van der Waals surface area contributed by atoms with E-state index in [1.165, 1.54) is 11.0 Å². The molecule has 1 amide bonds. The van der Waals surface area contributed by atoms with Crippen LogP contribution in [-0.2, 0) is 10.9 Å². The van der Waals surface area contributed by atoms with Gasteiger partial charge in [0.05, 0.1) is 6.04 Å². The molecule has 1 fully saturated rings. The van der Waals surface area contributed by atoms with Crippen molar-refractivity contribution < 1.29 is 22.7 Å². The largest absolute Gasteiger partial charge is 0.444 e. The Morgan fingerprint density at radius 3 is 2.70 bits per heavy atom. The molecule has 23 heavy (non-hydrogen) atoms. The van der Waals surface area contributed by atoms with Crippen molar-refractivity contribution >= 4 is 6.09 Å². The molecule has 1 aliphatic rings. The summed E-state index contributed by atoms with van der Waals surface area (Å²) in [4.78, 5) is 17.1. The molecule has 0 bridgehead atoms. The topological polar surface area (TPSA) is 54.5 Å². The molecule has 1 N–H and O–H groups in total. The first-order valence-corrected chi connectivity index (χ1v) is 7.31. The van der Waals surface area contributed by atoms with E-state index in [1.54, 1.807) is 20.8 Å². The van der Waals surface area contributed by atoms with E-state index in [1.807, 2.05) is 0 Å². The predicted molar refractivity (Wildman–Crippen MR) is 77.8 cm³/mol. The molecule has 0 radical (unpaired) electrons. The Labute approximate surface area is 132 Å². The van der Waals surface area contributed by atoms with Gasteiger partial charge in [-0.15, -0.1) is 0 Å². The zero-order valence-corrected chi connectivity index (χ0v) is 13.3. The SMILES string of the molecule is CC(C)(C)OC(=O)N1CCNCC1c1ccnc(C(F)(F)F)c1. The van der Waals surface area contributed by atoms with Crippen molar-refractivity contribution in [3.05, 3.63) is 29.6 Å². The number of alkyl halides is 3. The zero-order valence-electron chi connectivity index (χ0n) is 13.3. The van der Waals surface area contributed by atoms with Gasteiger partial charge in [-0.2, -0.15) is 13.2 Å². The smallest absolute Gasteiger partial charge is 0.433 e. The molecule has 1 saturated heterocycles. The summed E-state index contributed by atoms with van der Waals surface area (Å²) < 4.78 is 43.8. The predicted octanol–water partition coefficient (Wildman–Crippen LogP) is 2.98. The summed E-state index contributed by atoms with van der Waals surface area (Å²) in [7, 11) is 0. The van der Waals surface area contributed by atoms with E-state index in [0.717, 1.165) is 12.3 Å². The van der Waals surface area contributed by atoms with Crippen molar-refractivity contribution in [1.29, 1.82) is 0 Å². The molecule has 1 atom stereocenters. The van der Waals surface area contributed by atoms with Gasteiger partial charge < -0.3 is 10.1 Å². The molecule has 2 rings (SSSR count). The average Bonchev–Trinajstić information content (AvgIpc) is 2.45. The first kappa shape index (κ1) is 17.5. The fourth-order valence-electron chi connectivity index (χ4n) is 2.35. The van der Waals surface area contributed by atoms with E-state index in [-0.39, 0.29) is 0 Å². The quantitative estimate of drug-likeness (QED) is 0.859. The second-order valence-corrected chi connectivity index (χ2v) is 6.37. The second kappa shape index (κ2) is 6.35. The summed E-state index contributed by atoms with van der Waals surface area (Å²) in [5, 5.41) is 3.09. The third kappa shape index (κ3) is 4.57. The number of ether oxygens (including phenoxy) is 1.